The number of thioether (sulfide) groups is 1. The molecule has 0 fully saturated rings. The molecule has 0 atom stereocenters. The highest BCUT2D eigenvalue weighted by Gasteiger charge is 2.25. The molecule has 3 rings (SSSR count). The number of hydrogen-bond donors (Lipinski definition) is 1. The summed E-state index contributed by atoms with van der Waals surface area (Å²) in [5.74, 6) is 2.65. The molecule has 21 heavy (non-hydrogen) atoms. The second kappa shape index (κ2) is 5.56. The molecule has 0 unspecified atom stereocenters. The van der Waals surface area contributed by atoms with Crippen LogP contribution in [-0.2, 0) is 16.3 Å². The predicted octanol–water partition coefficient (Wildman–Crippen LogP) is 3.52. The molecule has 0 aliphatic carbocycles. The van der Waals surface area contributed by atoms with Gasteiger partial charge in [-0.05, 0) is 18.6 Å². The Labute approximate surface area is 128 Å². The number of amides is 1. The Bertz CT molecular complexity index is 691. The van der Waals surface area contributed by atoms with E-state index in [2.05, 4.69) is 18.3 Å². The molecule has 0 spiro atoms. The van der Waals surface area contributed by atoms with Gasteiger partial charge in [-0.2, -0.15) is 16.9 Å². The number of aromatic nitrogens is 2. The molecular weight excluding hydrogens is 282 g/mol. The van der Waals surface area contributed by atoms with Crippen molar-refractivity contribution in [3.63, 3.8) is 0 Å². The van der Waals surface area contributed by atoms with Crippen molar-refractivity contribution in [1.29, 1.82) is 0 Å². The first-order valence-corrected chi connectivity index (χ1v) is 8.28. The molecule has 1 aromatic heterocycles. The predicted molar refractivity (Wildman–Crippen MR) is 86.8 cm³/mol. The highest BCUT2D eigenvalue weighted by Crippen LogP contribution is 2.36. The molecule has 1 aromatic carbocycles. The van der Waals surface area contributed by atoms with E-state index < -0.39 is 0 Å². The largest absolute Gasteiger partial charge is 0.310 e. The Kier molecular flexibility index (Phi) is 3.76. The normalized spacial score (nSPS) is 13.5. The molecule has 0 bridgehead atoms. The number of carbonyl (C=O) groups is 1. The lowest BCUT2D eigenvalue weighted by atomic mass is 10.2. The first kappa shape index (κ1) is 14.2. The van der Waals surface area contributed by atoms with Gasteiger partial charge in [-0.25, -0.2) is 4.68 Å². The SMILES string of the molecule is Cc1ccccc1-n1nc2c(c1NC(=O)C(C)C)CSC2. The van der Waals surface area contributed by atoms with Crippen molar-refractivity contribution in [2.45, 2.75) is 32.3 Å². The van der Waals surface area contributed by atoms with Crippen molar-refractivity contribution in [2.75, 3.05) is 5.32 Å². The van der Waals surface area contributed by atoms with Crippen LogP contribution in [0.1, 0.15) is 30.7 Å². The van der Waals surface area contributed by atoms with E-state index in [9.17, 15) is 4.79 Å². The number of nitrogens with one attached hydrogen (secondary N) is 1. The Morgan fingerprint density at radius 1 is 1.33 bits per heavy atom. The van der Waals surface area contributed by atoms with Crippen molar-refractivity contribution in [1.82, 2.24) is 9.78 Å². The third-order valence-electron chi connectivity index (χ3n) is 3.66. The second-order valence-electron chi connectivity index (χ2n) is 5.61. The van der Waals surface area contributed by atoms with Gasteiger partial charge in [-0.3, -0.25) is 4.79 Å². The monoisotopic (exact) mass is 301 g/mol. The fourth-order valence-corrected chi connectivity index (χ4v) is 3.41. The average molecular weight is 301 g/mol. The van der Waals surface area contributed by atoms with Gasteiger partial charge in [0.2, 0.25) is 5.91 Å². The van der Waals surface area contributed by atoms with E-state index >= 15 is 0 Å². The molecule has 2 heterocycles. The summed E-state index contributed by atoms with van der Waals surface area (Å²) in [7, 11) is 0. The summed E-state index contributed by atoms with van der Waals surface area (Å²) in [5, 5.41) is 7.78. The highest BCUT2D eigenvalue weighted by molar-refractivity contribution is 7.98. The number of anilines is 1. The van der Waals surface area contributed by atoms with E-state index in [1.165, 1.54) is 0 Å². The van der Waals surface area contributed by atoms with E-state index in [4.69, 9.17) is 5.10 Å². The summed E-state index contributed by atoms with van der Waals surface area (Å²) < 4.78 is 1.89. The minimum absolute atomic E-state index is 0.0319. The third kappa shape index (κ3) is 2.58. The Morgan fingerprint density at radius 3 is 2.81 bits per heavy atom. The number of hydrogen-bond acceptors (Lipinski definition) is 3. The molecule has 0 saturated heterocycles. The van der Waals surface area contributed by atoms with Crippen LogP contribution < -0.4 is 5.32 Å². The maximum Gasteiger partial charge on any atom is 0.228 e. The molecule has 1 aliphatic heterocycles. The van der Waals surface area contributed by atoms with Crippen molar-refractivity contribution in [2.24, 2.45) is 5.92 Å². The smallest absolute Gasteiger partial charge is 0.228 e. The Balaban J connectivity index is 2.09. The number of para-hydroxylation sites is 1. The van der Waals surface area contributed by atoms with Crippen molar-refractivity contribution >= 4 is 23.5 Å². The van der Waals surface area contributed by atoms with E-state index in [0.29, 0.717) is 0 Å². The van der Waals surface area contributed by atoms with Crippen LogP contribution in [-0.4, -0.2) is 15.7 Å². The molecule has 0 saturated carbocycles. The second-order valence-corrected chi connectivity index (χ2v) is 6.59. The lowest BCUT2D eigenvalue weighted by Gasteiger charge is -2.13. The Hall–Kier alpha value is -1.75. The molecular formula is C16H19N3OS. The number of benzene rings is 1. The maximum atomic E-state index is 12.1. The van der Waals surface area contributed by atoms with Crippen molar-refractivity contribution in [3.8, 4) is 5.69 Å². The summed E-state index contributed by atoms with van der Waals surface area (Å²) >= 11 is 1.84. The zero-order valence-electron chi connectivity index (χ0n) is 12.5. The van der Waals surface area contributed by atoms with Gasteiger partial charge in [0.1, 0.15) is 5.82 Å². The summed E-state index contributed by atoms with van der Waals surface area (Å²) in [5.41, 5.74) is 4.42. The quantitative estimate of drug-likeness (QED) is 0.943. The van der Waals surface area contributed by atoms with Gasteiger partial charge in [0, 0.05) is 23.0 Å². The lowest BCUT2D eigenvalue weighted by molar-refractivity contribution is -0.118. The van der Waals surface area contributed by atoms with Gasteiger partial charge < -0.3 is 5.32 Å². The minimum Gasteiger partial charge on any atom is -0.310 e. The maximum absolute atomic E-state index is 12.1. The van der Waals surface area contributed by atoms with E-state index in [0.717, 1.165) is 39.8 Å². The first-order chi connectivity index (χ1) is 10.1. The van der Waals surface area contributed by atoms with Crippen LogP contribution >= 0.6 is 11.8 Å². The van der Waals surface area contributed by atoms with Gasteiger partial charge in [0.25, 0.3) is 0 Å². The molecule has 110 valence electrons. The molecule has 4 nitrogen and oxygen atoms in total. The molecule has 0 radical (unpaired) electrons. The zero-order chi connectivity index (χ0) is 15.0. The molecule has 2 aromatic rings. The fourth-order valence-electron chi connectivity index (χ4n) is 2.38. The number of aryl methyl sites for hydroxylation is 1. The van der Waals surface area contributed by atoms with Crippen LogP contribution in [0.4, 0.5) is 5.82 Å². The minimum atomic E-state index is -0.0464. The Morgan fingerprint density at radius 2 is 2.10 bits per heavy atom. The third-order valence-corrected chi connectivity index (χ3v) is 4.63. The zero-order valence-corrected chi connectivity index (χ0v) is 13.3. The number of carbonyl (C=O) groups excluding carboxylic acids is 1. The van der Waals surface area contributed by atoms with E-state index in [-0.39, 0.29) is 11.8 Å². The van der Waals surface area contributed by atoms with Crippen LogP contribution in [0, 0.1) is 12.8 Å². The van der Waals surface area contributed by atoms with Crippen molar-refractivity contribution < 1.29 is 4.79 Å². The molecule has 1 N–H and O–H groups in total. The summed E-state index contributed by atoms with van der Waals surface area (Å²) in [6.07, 6.45) is 0. The fraction of sp³-hybridized carbons (Fsp3) is 0.375. The van der Waals surface area contributed by atoms with Crippen LogP contribution in [0.25, 0.3) is 5.69 Å². The van der Waals surface area contributed by atoms with Gasteiger partial charge >= 0.3 is 0 Å². The summed E-state index contributed by atoms with van der Waals surface area (Å²) in [6, 6.07) is 8.11. The van der Waals surface area contributed by atoms with Gasteiger partial charge in [0.05, 0.1) is 11.4 Å². The van der Waals surface area contributed by atoms with Crippen LogP contribution in [0.3, 0.4) is 0 Å². The number of rotatable bonds is 3. The van der Waals surface area contributed by atoms with E-state index in [1.807, 2.05) is 48.5 Å². The average Bonchev–Trinajstić information content (AvgIpc) is 3.02. The summed E-state index contributed by atoms with van der Waals surface area (Å²) in [4.78, 5) is 12.1. The standard InChI is InChI=1S/C16H19N3OS/c1-10(2)16(20)17-15-12-8-21-9-13(12)18-19(15)14-7-5-4-6-11(14)3/h4-7,10H,8-9H2,1-3H3,(H,17,20). The number of nitrogens with zero attached hydrogens (tertiary/aromatic N) is 2. The van der Waals surface area contributed by atoms with Gasteiger partial charge in [0.15, 0.2) is 0 Å². The topological polar surface area (TPSA) is 46.9 Å². The molecule has 5 heteroatoms. The molecule has 1 amide bonds. The van der Waals surface area contributed by atoms with Crippen LogP contribution in [0.5, 0.6) is 0 Å². The lowest BCUT2D eigenvalue weighted by Crippen LogP contribution is -2.21. The van der Waals surface area contributed by atoms with Gasteiger partial charge in [-0.15, -0.1) is 0 Å². The van der Waals surface area contributed by atoms with Crippen LogP contribution in [0.15, 0.2) is 24.3 Å². The summed E-state index contributed by atoms with van der Waals surface area (Å²) in [6.45, 7) is 5.86. The van der Waals surface area contributed by atoms with Crippen LogP contribution in [0.2, 0.25) is 0 Å². The highest BCUT2D eigenvalue weighted by atomic mass is 32.2. The first-order valence-electron chi connectivity index (χ1n) is 7.13. The van der Waals surface area contributed by atoms with Gasteiger partial charge in [-0.1, -0.05) is 32.0 Å². The van der Waals surface area contributed by atoms with E-state index in [1.54, 1.807) is 0 Å². The molecule has 1 aliphatic rings. The number of fused-ring (bicyclic) bond motifs is 1. The van der Waals surface area contributed by atoms with Crippen molar-refractivity contribution in [3.05, 3.63) is 41.1 Å².